The predicted octanol–water partition coefficient (Wildman–Crippen LogP) is 1.47. The van der Waals surface area contributed by atoms with Crippen LogP contribution >= 0.6 is 0 Å². The summed E-state index contributed by atoms with van der Waals surface area (Å²) >= 11 is 0. The number of nitrogens with zero attached hydrogens (tertiary/aromatic N) is 2. The highest BCUT2D eigenvalue weighted by Gasteiger charge is 1.94. The minimum absolute atomic E-state index is 0.0587. The van der Waals surface area contributed by atoms with E-state index in [-0.39, 0.29) is 5.96 Å². The Morgan fingerprint density at radius 1 is 1.41 bits per heavy atom. The fraction of sp³-hybridized carbons (Fsp3) is 0.333. The highest BCUT2D eigenvalue weighted by Crippen LogP contribution is 2.12. The van der Waals surface area contributed by atoms with Gasteiger partial charge < -0.3 is 16.2 Å². The van der Waals surface area contributed by atoms with E-state index in [0.29, 0.717) is 0 Å². The molecule has 0 unspecified atom stereocenters. The molecule has 0 aliphatic rings. The molecule has 0 aromatic heterocycles. The Kier molecular flexibility index (Phi) is 5.57. The maximum Gasteiger partial charge on any atom is 0.211 e. The van der Waals surface area contributed by atoms with Crippen LogP contribution in [0.2, 0.25) is 0 Å². The van der Waals surface area contributed by atoms with Gasteiger partial charge in [-0.1, -0.05) is 25.5 Å². The van der Waals surface area contributed by atoms with Crippen molar-refractivity contribution in [1.82, 2.24) is 0 Å². The van der Waals surface area contributed by atoms with Crippen LogP contribution in [0.5, 0.6) is 5.75 Å². The molecule has 0 bridgehead atoms. The fourth-order valence-corrected chi connectivity index (χ4v) is 1.18. The largest absolute Gasteiger partial charge is 0.494 e. The molecule has 1 rings (SSSR count). The molecule has 0 fully saturated rings. The first kappa shape index (κ1) is 13.0. The van der Waals surface area contributed by atoms with Crippen molar-refractivity contribution < 1.29 is 4.74 Å². The smallest absolute Gasteiger partial charge is 0.211 e. The zero-order valence-electron chi connectivity index (χ0n) is 9.97. The van der Waals surface area contributed by atoms with Crippen LogP contribution in [0, 0.1) is 0 Å². The highest BCUT2D eigenvalue weighted by molar-refractivity contribution is 5.81. The van der Waals surface area contributed by atoms with Gasteiger partial charge >= 0.3 is 0 Å². The van der Waals surface area contributed by atoms with Gasteiger partial charge in [-0.15, -0.1) is 5.10 Å². The van der Waals surface area contributed by atoms with Crippen LogP contribution in [0.25, 0.3) is 0 Å². The van der Waals surface area contributed by atoms with E-state index in [4.69, 9.17) is 16.2 Å². The van der Waals surface area contributed by atoms with Crippen LogP contribution in [-0.4, -0.2) is 18.8 Å². The minimum atomic E-state index is -0.0587. The molecule has 1 aromatic carbocycles. The van der Waals surface area contributed by atoms with Crippen LogP contribution in [-0.2, 0) is 0 Å². The molecule has 1 aromatic rings. The summed E-state index contributed by atoms with van der Waals surface area (Å²) in [5.74, 6) is 0.767. The summed E-state index contributed by atoms with van der Waals surface area (Å²) in [6, 6.07) is 7.60. The van der Waals surface area contributed by atoms with E-state index in [1.54, 1.807) is 6.21 Å². The first-order chi connectivity index (χ1) is 8.22. The van der Waals surface area contributed by atoms with Crippen molar-refractivity contribution >= 4 is 12.2 Å². The second-order valence-electron chi connectivity index (χ2n) is 3.54. The Morgan fingerprint density at radius 2 is 2.24 bits per heavy atom. The Morgan fingerprint density at radius 3 is 2.94 bits per heavy atom. The Bertz CT molecular complexity index is 397. The lowest BCUT2D eigenvalue weighted by molar-refractivity contribution is 0.309. The van der Waals surface area contributed by atoms with Crippen LogP contribution in [0.3, 0.4) is 0 Å². The molecule has 0 atom stereocenters. The molecular formula is C12H18N4O. The Hall–Kier alpha value is -2.04. The van der Waals surface area contributed by atoms with E-state index >= 15 is 0 Å². The second-order valence-corrected chi connectivity index (χ2v) is 3.54. The van der Waals surface area contributed by atoms with Gasteiger partial charge in [0.15, 0.2) is 0 Å². The normalized spacial score (nSPS) is 10.4. The van der Waals surface area contributed by atoms with Crippen molar-refractivity contribution in [3.8, 4) is 5.75 Å². The Labute approximate surface area is 101 Å². The molecule has 0 spiro atoms. The molecule has 0 saturated heterocycles. The molecule has 5 heteroatoms. The van der Waals surface area contributed by atoms with E-state index in [1.807, 2.05) is 24.3 Å². The third-order valence-electron chi connectivity index (χ3n) is 2.00. The van der Waals surface area contributed by atoms with Gasteiger partial charge in [0.1, 0.15) is 5.75 Å². The second kappa shape index (κ2) is 7.27. The summed E-state index contributed by atoms with van der Waals surface area (Å²) in [4.78, 5) is 0. The van der Waals surface area contributed by atoms with Gasteiger partial charge in [0.2, 0.25) is 5.96 Å². The molecule has 0 saturated carbocycles. The third-order valence-corrected chi connectivity index (χ3v) is 2.00. The summed E-state index contributed by atoms with van der Waals surface area (Å²) in [5.41, 5.74) is 11.2. The van der Waals surface area contributed by atoms with Crippen molar-refractivity contribution in [1.29, 1.82) is 0 Å². The molecule has 92 valence electrons. The number of hydrogen-bond acceptors (Lipinski definition) is 3. The zero-order chi connectivity index (χ0) is 12.5. The number of hydrogen-bond donors (Lipinski definition) is 2. The first-order valence-corrected chi connectivity index (χ1v) is 5.57. The van der Waals surface area contributed by atoms with Gasteiger partial charge in [0, 0.05) is 0 Å². The average Bonchev–Trinajstić information content (AvgIpc) is 2.29. The molecule has 4 N–H and O–H groups in total. The van der Waals surface area contributed by atoms with E-state index in [2.05, 4.69) is 17.1 Å². The Balaban J connectivity index is 2.59. The number of nitrogens with two attached hydrogens (primary N) is 2. The van der Waals surface area contributed by atoms with Gasteiger partial charge in [-0.2, -0.15) is 5.10 Å². The highest BCUT2D eigenvalue weighted by atomic mass is 16.5. The van der Waals surface area contributed by atoms with Gasteiger partial charge in [-0.05, 0) is 24.1 Å². The lowest BCUT2D eigenvalue weighted by atomic mass is 10.2. The van der Waals surface area contributed by atoms with Gasteiger partial charge in [-0.25, -0.2) is 0 Å². The first-order valence-electron chi connectivity index (χ1n) is 5.57. The summed E-state index contributed by atoms with van der Waals surface area (Å²) in [6.07, 6.45) is 3.74. The third kappa shape index (κ3) is 5.55. The molecule has 0 amide bonds. The lowest BCUT2D eigenvalue weighted by Gasteiger charge is -2.05. The van der Waals surface area contributed by atoms with Gasteiger partial charge in [-0.3, -0.25) is 0 Å². The minimum Gasteiger partial charge on any atom is -0.494 e. The molecule has 17 heavy (non-hydrogen) atoms. The van der Waals surface area contributed by atoms with Crippen LogP contribution in [0.15, 0.2) is 34.5 Å². The monoisotopic (exact) mass is 234 g/mol. The topological polar surface area (TPSA) is 86.0 Å². The molecule has 0 aliphatic heterocycles. The van der Waals surface area contributed by atoms with Crippen LogP contribution in [0.4, 0.5) is 0 Å². The summed E-state index contributed by atoms with van der Waals surface area (Å²) in [6.45, 7) is 2.85. The van der Waals surface area contributed by atoms with Crippen molar-refractivity contribution in [2.75, 3.05) is 6.61 Å². The maximum atomic E-state index is 5.57. The van der Waals surface area contributed by atoms with Crippen molar-refractivity contribution in [2.24, 2.45) is 21.7 Å². The van der Waals surface area contributed by atoms with E-state index < -0.39 is 0 Å². The average molecular weight is 234 g/mol. The summed E-state index contributed by atoms with van der Waals surface area (Å²) < 4.78 is 5.57. The standard InChI is InChI=1S/C12H18N4O/c1-2-3-7-17-11-6-4-5-10(8-11)9-15-16-12(13)14/h4-6,8-9H,2-3,7H2,1H3,(H4,13,14,16). The van der Waals surface area contributed by atoms with Crippen molar-refractivity contribution in [2.45, 2.75) is 19.8 Å². The number of benzene rings is 1. The number of unbranched alkanes of at least 4 members (excludes halogenated alkanes) is 1. The molecule has 0 heterocycles. The number of guanidine groups is 1. The molecule has 0 radical (unpaired) electrons. The van der Waals surface area contributed by atoms with Crippen LogP contribution < -0.4 is 16.2 Å². The predicted molar refractivity (Wildman–Crippen MR) is 70.2 cm³/mol. The summed E-state index contributed by atoms with van der Waals surface area (Å²) in [5, 5.41) is 7.26. The van der Waals surface area contributed by atoms with Crippen molar-refractivity contribution in [3.05, 3.63) is 29.8 Å². The quantitative estimate of drug-likeness (QED) is 0.338. The molecule has 0 aliphatic carbocycles. The maximum absolute atomic E-state index is 5.57. The molecular weight excluding hydrogens is 216 g/mol. The van der Waals surface area contributed by atoms with E-state index in [1.165, 1.54) is 0 Å². The van der Waals surface area contributed by atoms with E-state index in [0.717, 1.165) is 30.8 Å². The van der Waals surface area contributed by atoms with E-state index in [9.17, 15) is 0 Å². The fourth-order valence-electron chi connectivity index (χ4n) is 1.18. The SMILES string of the molecule is CCCCOc1cccc(C=NN=C(N)N)c1. The summed E-state index contributed by atoms with van der Waals surface area (Å²) in [7, 11) is 0. The zero-order valence-corrected chi connectivity index (χ0v) is 9.97. The number of rotatable bonds is 6. The van der Waals surface area contributed by atoms with Crippen molar-refractivity contribution in [3.63, 3.8) is 0 Å². The van der Waals surface area contributed by atoms with Gasteiger partial charge in [0.05, 0.1) is 12.8 Å². The van der Waals surface area contributed by atoms with Gasteiger partial charge in [0.25, 0.3) is 0 Å². The van der Waals surface area contributed by atoms with Crippen LogP contribution in [0.1, 0.15) is 25.3 Å². The number of ether oxygens (including phenoxy) is 1. The molecule has 5 nitrogen and oxygen atoms in total. The lowest BCUT2D eigenvalue weighted by Crippen LogP contribution is -2.21.